The van der Waals surface area contributed by atoms with Crippen LogP contribution in [0, 0.1) is 12.3 Å². The second-order valence-electron chi connectivity index (χ2n) is 2.21. The topological polar surface area (TPSA) is 20.2 Å². The molecule has 0 rings (SSSR count). The van der Waals surface area contributed by atoms with E-state index >= 15 is 0 Å². The summed E-state index contributed by atoms with van der Waals surface area (Å²) in [6, 6.07) is 0. The summed E-state index contributed by atoms with van der Waals surface area (Å²) in [6.07, 6.45) is 13.3. The second kappa shape index (κ2) is 7.11. The van der Waals surface area contributed by atoms with Crippen LogP contribution >= 0.6 is 0 Å². The average molecular weight is 150 g/mol. The zero-order valence-electron chi connectivity index (χ0n) is 6.83. The van der Waals surface area contributed by atoms with Gasteiger partial charge in [0.15, 0.2) is 0 Å². The minimum atomic E-state index is -0.436. The van der Waals surface area contributed by atoms with Crippen molar-refractivity contribution in [3.05, 3.63) is 24.3 Å². The van der Waals surface area contributed by atoms with Crippen LogP contribution in [0.3, 0.4) is 0 Å². The third-order valence-corrected chi connectivity index (χ3v) is 1.19. The van der Waals surface area contributed by atoms with Crippen molar-refractivity contribution in [1.29, 1.82) is 0 Å². The van der Waals surface area contributed by atoms with Gasteiger partial charge in [0.05, 0.1) is 6.10 Å². The molecule has 0 heterocycles. The molecule has 1 nitrogen and oxygen atoms in total. The quantitative estimate of drug-likeness (QED) is 0.479. The van der Waals surface area contributed by atoms with Crippen LogP contribution in [0.1, 0.15) is 19.8 Å². The van der Waals surface area contributed by atoms with E-state index in [-0.39, 0.29) is 0 Å². The third kappa shape index (κ3) is 6.89. The summed E-state index contributed by atoms with van der Waals surface area (Å²) in [7, 11) is 0. The Morgan fingerprint density at radius 2 is 2.27 bits per heavy atom. The number of aliphatic hydroxyl groups excluding tert-OH is 1. The Kier molecular flexibility index (Phi) is 6.46. The van der Waals surface area contributed by atoms with E-state index in [1.54, 1.807) is 6.08 Å². The van der Waals surface area contributed by atoms with Gasteiger partial charge in [0.1, 0.15) is 0 Å². The van der Waals surface area contributed by atoms with Gasteiger partial charge in [-0.15, -0.1) is 6.42 Å². The molecule has 0 aromatic heterocycles. The van der Waals surface area contributed by atoms with Crippen LogP contribution in [-0.4, -0.2) is 11.2 Å². The van der Waals surface area contributed by atoms with Crippen molar-refractivity contribution < 1.29 is 5.11 Å². The maximum atomic E-state index is 9.17. The molecule has 0 saturated heterocycles. The van der Waals surface area contributed by atoms with Gasteiger partial charge in [-0.25, -0.2) is 0 Å². The van der Waals surface area contributed by atoms with Gasteiger partial charge in [0.25, 0.3) is 0 Å². The van der Waals surface area contributed by atoms with Crippen LogP contribution in [0.2, 0.25) is 0 Å². The molecule has 0 bridgehead atoms. The normalized spacial score (nSPS) is 13.9. The largest absolute Gasteiger partial charge is 0.389 e. The Labute approximate surface area is 68.4 Å². The second-order valence-corrected chi connectivity index (χ2v) is 2.21. The molecule has 0 spiro atoms. The van der Waals surface area contributed by atoms with Gasteiger partial charge in [-0.1, -0.05) is 25.0 Å². The molecule has 0 saturated carbocycles. The van der Waals surface area contributed by atoms with Gasteiger partial charge < -0.3 is 5.11 Å². The highest BCUT2D eigenvalue weighted by Gasteiger charge is 1.91. The predicted octanol–water partition coefficient (Wildman–Crippen LogP) is 1.89. The summed E-state index contributed by atoms with van der Waals surface area (Å²) in [4.78, 5) is 0. The Bertz CT molecular complexity index is 172. The van der Waals surface area contributed by atoms with Crippen molar-refractivity contribution in [3.63, 3.8) is 0 Å². The van der Waals surface area contributed by atoms with Gasteiger partial charge in [-0.3, -0.25) is 0 Å². The highest BCUT2D eigenvalue weighted by molar-refractivity contribution is 5.11. The van der Waals surface area contributed by atoms with Crippen molar-refractivity contribution in [2.45, 2.75) is 25.9 Å². The first-order valence-electron chi connectivity index (χ1n) is 3.77. The van der Waals surface area contributed by atoms with Gasteiger partial charge in [-0.05, 0) is 25.0 Å². The molecule has 1 N–H and O–H groups in total. The fourth-order valence-electron chi connectivity index (χ4n) is 0.648. The Balaban J connectivity index is 3.54. The molecule has 0 aromatic rings. The molecule has 0 aromatic carbocycles. The first-order valence-corrected chi connectivity index (χ1v) is 3.77. The van der Waals surface area contributed by atoms with Crippen molar-refractivity contribution in [2.75, 3.05) is 0 Å². The lowest BCUT2D eigenvalue weighted by atomic mass is 10.2. The molecular formula is C10H14O. The lowest BCUT2D eigenvalue weighted by Crippen LogP contribution is -1.98. The minimum absolute atomic E-state index is 0.436. The molecule has 0 unspecified atom stereocenters. The van der Waals surface area contributed by atoms with Crippen molar-refractivity contribution in [2.24, 2.45) is 0 Å². The molecule has 0 radical (unpaired) electrons. The van der Waals surface area contributed by atoms with Crippen LogP contribution in [0.15, 0.2) is 24.3 Å². The summed E-state index contributed by atoms with van der Waals surface area (Å²) in [5, 5.41) is 9.17. The molecule has 0 fully saturated rings. The maximum absolute atomic E-state index is 9.17. The minimum Gasteiger partial charge on any atom is -0.389 e. The van der Waals surface area contributed by atoms with E-state index in [1.807, 2.05) is 12.2 Å². The summed E-state index contributed by atoms with van der Waals surface area (Å²) in [5.41, 5.74) is 0. The maximum Gasteiger partial charge on any atom is 0.0764 e. The summed E-state index contributed by atoms with van der Waals surface area (Å²) < 4.78 is 0. The first kappa shape index (κ1) is 10.0. The van der Waals surface area contributed by atoms with Crippen molar-refractivity contribution >= 4 is 0 Å². The van der Waals surface area contributed by atoms with Gasteiger partial charge in [-0.2, -0.15) is 0 Å². The van der Waals surface area contributed by atoms with E-state index < -0.39 is 6.10 Å². The number of aliphatic hydroxyl groups is 1. The van der Waals surface area contributed by atoms with Crippen LogP contribution in [0.4, 0.5) is 0 Å². The van der Waals surface area contributed by atoms with Gasteiger partial charge in [0, 0.05) is 0 Å². The van der Waals surface area contributed by atoms with E-state index in [4.69, 9.17) is 6.42 Å². The molecule has 0 aliphatic rings. The predicted molar refractivity (Wildman–Crippen MR) is 48.0 cm³/mol. The Hall–Kier alpha value is -1.00. The molecule has 0 aliphatic carbocycles. The zero-order valence-corrected chi connectivity index (χ0v) is 6.83. The standard InChI is InChI=1S/C10H14O/c1-3-5-7-9-10(11)8-6-4-2/h2,5-8,10-11H,3,9H2,1H3/b7-5-,8-6+/t10-/m1/s1. The summed E-state index contributed by atoms with van der Waals surface area (Å²) in [5.74, 6) is 2.32. The molecule has 1 heteroatoms. The van der Waals surface area contributed by atoms with Crippen molar-refractivity contribution in [3.8, 4) is 12.3 Å². The number of terminal acetylenes is 1. The van der Waals surface area contributed by atoms with E-state index in [2.05, 4.69) is 12.8 Å². The molecular weight excluding hydrogens is 136 g/mol. The van der Waals surface area contributed by atoms with Crippen LogP contribution in [-0.2, 0) is 0 Å². The van der Waals surface area contributed by atoms with E-state index in [9.17, 15) is 5.11 Å². The van der Waals surface area contributed by atoms with E-state index in [0.29, 0.717) is 6.42 Å². The third-order valence-electron chi connectivity index (χ3n) is 1.19. The number of hydrogen-bond donors (Lipinski definition) is 1. The molecule has 0 aliphatic heterocycles. The lowest BCUT2D eigenvalue weighted by molar-refractivity contribution is 0.227. The zero-order chi connectivity index (χ0) is 8.53. The summed E-state index contributed by atoms with van der Waals surface area (Å²) >= 11 is 0. The average Bonchev–Trinajstić information content (AvgIpc) is 2.01. The van der Waals surface area contributed by atoms with Crippen LogP contribution < -0.4 is 0 Å². The fourth-order valence-corrected chi connectivity index (χ4v) is 0.648. The smallest absolute Gasteiger partial charge is 0.0764 e. The number of hydrogen-bond acceptors (Lipinski definition) is 1. The first-order chi connectivity index (χ1) is 5.31. The molecule has 0 amide bonds. The molecule has 1 atom stereocenters. The Morgan fingerprint density at radius 1 is 1.55 bits per heavy atom. The monoisotopic (exact) mass is 150 g/mol. The molecule has 60 valence electrons. The molecule has 11 heavy (non-hydrogen) atoms. The van der Waals surface area contributed by atoms with E-state index in [0.717, 1.165) is 6.42 Å². The van der Waals surface area contributed by atoms with Gasteiger partial charge in [0.2, 0.25) is 0 Å². The lowest BCUT2D eigenvalue weighted by Gasteiger charge is -1.97. The highest BCUT2D eigenvalue weighted by atomic mass is 16.3. The summed E-state index contributed by atoms with van der Waals surface area (Å²) in [6.45, 7) is 2.06. The number of rotatable bonds is 4. The van der Waals surface area contributed by atoms with Crippen LogP contribution in [0.5, 0.6) is 0 Å². The van der Waals surface area contributed by atoms with Crippen molar-refractivity contribution in [1.82, 2.24) is 0 Å². The highest BCUT2D eigenvalue weighted by Crippen LogP contribution is 1.95. The van der Waals surface area contributed by atoms with E-state index in [1.165, 1.54) is 6.08 Å². The fraction of sp³-hybridized carbons (Fsp3) is 0.400. The SMILES string of the molecule is C#C/C=C/[C@@H](O)C/C=C\CC. The van der Waals surface area contributed by atoms with Crippen LogP contribution in [0.25, 0.3) is 0 Å². The van der Waals surface area contributed by atoms with Gasteiger partial charge >= 0.3 is 0 Å². The number of allylic oxidation sites excluding steroid dienone is 2. The Morgan fingerprint density at radius 3 is 2.82 bits per heavy atom.